The van der Waals surface area contributed by atoms with Crippen molar-refractivity contribution in [3.8, 4) is 17.2 Å². The third kappa shape index (κ3) is 5.51. The van der Waals surface area contributed by atoms with Crippen LogP contribution in [0.25, 0.3) is 11.0 Å². The lowest BCUT2D eigenvalue weighted by atomic mass is 10.3. The summed E-state index contributed by atoms with van der Waals surface area (Å²) in [6.45, 7) is 2.54. The van der Waals surface area contributed by atoms with Crippen molar-refractivity contribution < 1.29 is 14.3 Å². The molecule has 0 aliphatic rings. The number of para-hydroxylation sites is 1. The smallest absolute Gasteiger partial charge is 0.234 e. The maximum Gasteiger partial charge on any atom is 0.234 e. The van der Waals surface area contributed by atoms with Crippen molar-refractivity contribution in [3.63, 3.8) is 0 Å². The molecule has 0 bridgehead atoms. The first kappa shape index (κ1) is 21.1. The number of halogens is 1. The van der Waals surface area contributed by atoms with Gasteiger partial charge >= 0.3 is 0 Å². The average Bonchev–Trinajstić information content (AvgIpc) is 3.17. The SMILES string of the molecule is CCOc1ccc2nc(SCC(=O)Nc3cc(Cl)ccc3Oc3ccccc3)[nH]c2c1. The van der Waals surface area contributed by atoms with E-state index in [1.807, 2.05) is 55.5 Å². The number of rotatable bonds is 8. The summed E-state index contributed by atoms with van der Waals surface area (Å²) in [6, 6.07) is 20.1. The highest BCUT2D eigenvalue weighted by Gasteiger charge is 2.12. The predicted molar refractivity (Wildman–Crippen MR) is 125 cm³/mol. The number of thioether (sulfide) groups is 1. The zero-order valence-corrected chi connectivity index (χ0v) is 18.3. The second-order valence-electron chi connectivity index (χ2n) is 6.55. The van der Waals surface area contributed by atoms with Crippen molar-refractivity contribution in [1.82, 2.24) is 9.97 Å². The minimum absolute atomic E-state index is 0.176. The number of imidazole rings is 1. The number of anilines is 1. The highest BCUT2D eigenvalue weighted by Crippen LogP contribution is 2.32. The van der Waals surface area contributed by atoms with Gasteiger partial charge in [-0.1, -0.05) is 41.6 Å². The molecule has 4 rings (SSSR count). The molecule has 1 heterocycles. The first-order valence-corrected chi connectivity index (χ1v) is 11.0. The van der Waals surface area contributed by atoms with E-state index in [0.717, 1.165) is 16.8 Å². The number of aromatic amines is 1. The van der Waals surface area contributed by atoms with Gasteiger partial charge in [-0.15, -0.1) is 0 Å². The largest absolute Gasteiger partial charge is 0.494 e. The molecule has 158 valence electrons. The van der Waals surface area contributed by atoms with Crippen LogP contribution in [0.5, 0.6) is 17.2 Å². The van der Waals surface area contributed by atoms with Gasteiger partial charge in [0.15, 0.2) is 10.9 Å². The van der Waals surface area contributed by atoms with Gasteiger partial charge in [-0.25, -0.2) is 4.98 Å². The number of aromatic nitrogens is 2. The minimum atomic E-state index is -0.194. The number of nitrogens with zero attached hydrogens (tertiary/aromatic N) is 1. The third-order valence-electron chi connectivity index (χ3n) is 4.27. The molecule has 0 saturated carbocycles. The van der Waals surface area contributed by atoms with Crippen LogP contribution >= 0.6 is 23.4 Å². The lowest BCUT2D eigenvalue weighted by Gasteiger charge is -2.12. The number of benzene rings is 3. The van der Waals surface area contributed by atoms with Crippen molar-refractivity contribution in [2.24, 2.45) is 0 Å². The Morgan fingerprint density at radius 2 is 1.94 bits per heavy atom. The standard InChI is InChI=1S/C23H20ClN3O3S/c1-2-29-17-9-10-18-19(13-17)27-23(26-18)31-14-22(28)25-20-12-15(24)8-11-21(20)30-16-6-4-3-5-7-16/h3-13H,2,14H2,1H3,(H,25,28)(H,26,27). The van der Waals surface area contributed by atoms with E-state index in [0.29, 0.717) is 34.0 Å². The number of fused-ring (bicyclic) bond motifs is 1. The summed E-state index contributed by atoms with van der Waals surface area (Å²) in [5, 5.41) is 4.03. The fraction of sp³-hybridized carbons (Fsp3) is 0.130. The molecule has 8 heteroatoms. The predicted octanol–water partition coefficient (Wildman–Crippen LogP) is 6.14. The number of carbonyl (C=O) groups excluding carboxylic acids is 1. The van der Waals surface area contributed by atoms with Gasteiger partial charge in [-0.05, 0) is 49.4 Å². The zero-order valence-electron chi connectivity index (χ0n) is 16.7. The van der Waals surface area contributed by atoms with E-state index in [2.05, 4.69) is 15.3 Å². The van der Waals surface area contributed by atoms with Crippen LogP contribution in [0.2, 0.25) is 5.02 Å². The Morgan fingerprint density at radius 1 is 1.10 bits per heavy atom. The van der Waals surface area contributed by atoms with Gasteiger partial charge in [0, 0.05) is 11.1 Å². The number of carbonyl (C=O) groups is 1. The molecule has 6 nitrogen and oxygen atoms in total. The van der Waals surface area contributed by atoms with Crippen molar-refractivity contribution >= 4 is 46.0 Å². The van der Waals surface area contributed by atoms with Gasteiger partial charge in [0.2, 0.25) is 5.91 Å². The Kier molecular flexibility index (Phi) is 6.64. The third-order valence-corrected chi connectivity index (χ3v) is 5.38. The highest BCUT2D eigenvalue weighted by molar-refractivity contribution is 7.99. The van der Waals surface area contributed by atoms with Crippen LogP contribution in [0.4, 0.5) is 5.69 Å². The van der Waals surface area contributed by atoms with Crippen molar-refractivity contribution in [2.45, 2.75) is 12.1 Å². The molecule has 0 atom stereocenters. The van der Waals surface area contributed by atoms with E-state index in [4.69, 9.17) is 21.1 Å². The summed E-state index contributed by atoms with van der Waals surface area (Å²) in [7, 11) is 0. The van der Waals surface area contributed by atoms with E-state index in [-0.39, 0.29) is 11.7 Å². The second kappa shape index (κ2) is 9.76. The van der Waals surface area contributed by atoms with E-state index >= 15 is 0 Å². The summed E-state index contributed by atoms with van der Waals surface area (Å²) >= 11 is 7.43. The van der Waals surface area contributed by atoms with E-state index in [1.54, 1.807) is 18.2 Å². The van der Waals surface area contributed by atoms with E-state index < -0.39 is 0 Å². The summed E-state index contributed by atoms with van der Waals surface area (Å²) in [6.07, 6.45) is 0. The molecule has 1 amide bonds. The van der Waals surface area contributed by atoms with Crippen LogP contribution in [0.15, 0.2) is 71.9 Å². The number of ether oxygens (including phenoxy) is 2. The van der Waals surface area contributed by atoms with E-state index in [9.17, 15) is 4.79 Å². The molecule has 1 aromatic heterocycles. The highest BCUT2D eigenvalue weighted by atomic mass is 35.5. The van der Waals surface area contributed by atoms with E-state index in [1.165, 1.54) is 11.8 Å². The molecule has 4 aromatic rings. The van der Waals surface area contributed by atoms with Crippen LogP contribution in [0.1, 0.15) is 6.92 Å². The molecule has 0 fully saturated rings. The Hall–Kier alpha value is -3.16. The van der Waals surface area contributed by atoms with Gasteiger partial charge in [-0.2, -0.15) is 0 Å². The first-order chi connectivity index (χ1) is 15.1. The van der Waals surface area contributed by atoms with Crippen LogP contribution in [0.3, 0.4) is 0 Å². The molecule has 0 saturated heterocycles. The average molecular weight is 454 g/mol. The molecule has 0 unspecified atom stereocenters. The normalized spacial score (nSPS) is 10.8. The van der Waals surface area contributed by atoms with Gasteiger partial charge in [0.25, 0.3) is 0 Å². The Balaban J connectivity index is 1.42. The van der Waals surface area contributed by atoms with Crippen molar-refractivity contribution in [1.29, 1.82) is 0 Å². The maximum absolute atomic E-state index is 12.6. The number of hydrogen-bond donors (Lipinski definition) is 2. The minimum Gasteiger partial charge on any atom is -0.494 e. The molecule has 2 N–H and O–H groups in total. The molecular weight excluding hydrogens is 434 g/mol. The molecular formula is C23H20ClN3O3S. The Bertz CT molecular complexity index is 1200. The molecule has 0 aliphatic carbocycles. The summed E-state index contributed by atoms with van der Waals surface area (Å²) in [4.78, 5) is 20.3. The lowest BCUT2D eigenvalue weighted by Crippen LogP contribution is -2.14. The molecule has 31 heavy (non-hydrogen) atoms. The summed E-state index contributed by atoms with van der Waals surface area (Å²) in [5.41, 5.74) is 2.19. The number of amides is 1. The Labute approximate surface area is 188 Å². The number of H-pyrrole nitrogens is 1. The zero-order chi connectivity index (χ0) is 21.6. The van der Waals surface area contributed by atoms with Crippen LogP contribution in [-0.4, -0.2) is 28.2 Å². The molecule has 0 spiro atoms. The monoisotopic (exact) mass is 453 g/mol. The molecule has 0 aliphatic heterocycles. The van der Waals surface area contributed by atoms with Gasteiger partial charge in [0.1, 0.15) is 11.5 Å². The summed E-state index contributed by atoms with van der Waals surface area (Å²) in [5.74, 6) is 1.94. The second-order valence-corrected chi connectivity index (χ2v) is 7.95. The Morgan fingerprint density at radius 3 is 2.74 bits per heavy atom. The van der Waals surface area contributed by atoms with Gasteiger partial charge in [0.05, 0.1) is 29.1 Å². The van der Waals surface area contributed by atoms with Crippen LogP contribution < -0.4 is 14.8 Å². The fourth-order valence-corrected chi connectivity index (χ4v) is 3.77. The maximum atomic E-state index is 12.6. The van der Waals surface area contributed by atoms with Crippen molar-refractivity contribution in [3.05, 3.63) is 71.8 Å². The van der Waals surface area contributed by atoms with Gasteiger partial charge in [-0.3, -0.25) is 4.79 Å². The number of hydrogen-bond acceptors (Lipinski definition) is 5. The van der Waals surface area contributed by atoms with Gasteiger partial charge < -0.3 is 19.8 Å². The summed E-state index contributed by atoms with van der Waals surface area (Å²) < 4.78 is 11.4. The first-order valence-electron chi connectivity index (χ1n) is 9.68. The van der Waals surface area contributed by atoms with Crippen LogP contribution in [0, 0.1) is 0 Å². The quantitative estimate of drug-likeness (QED) is 0.313. The lowest BCUT2D eigenvalue weighted by molar-refractivity contribution is -0.113. The number of nitrogens with one attached hydrogen (secondary N) is 2. The molecule has 3 aromatic carbocycles. The molecule has 0 radical (unpaired) electrons. The van der Waals surface area contributed by atoms with Crippen LogP contribution in [-0.2, 0) is 4.79 Å². The topological polar surface area (TPSA) is 76.2 Å². The van der Waals surface area contributed by atoms with Crippen molar-refractivity contribution in [2.75, 3.05) is 17.7 Å². The fourth-order valence-electron chi connectivity index (χ4n) is 2.91.